The van der Waals surface area contributed by atoms with Gasteiger partial charge >= 0.3 is 152 Å². The third-order valence-corrected chi connectivity index (χ3v) is 11.6. The van der Waals surface area contributed by atoms with Gasteiger partial charge in [-0.1, -0.05) is 13.3 Å². The van der Waals surface area contributed by atoms with E-state index in [9.17, 15) is 0 Å². The van der Waals surface area contributed by atoms with Gasteiger partial charge in [-0.25, -0.2) is 0 Å². The molecule has 0 N–H and O–H groups in total. The van der Waals surface area contributed by atoms with Crippen LogP contribution in [-0.4, -0.2) is 20.2 Å². The van der Waals surface area contributed by atoms with Crippen molar-refractivity contribution in [3.8, 4) is 5.75 Å². The molecule has 0 aliphatic carbocycles. The fourth-order valence-corrected chi connectivity index (χ4v) is 10.1. The van der Waals surface area contributed by atoms with Crippen molar-refractivity contribution < 1.29 is 3.07 Å². The van der Waals surface area contributed by atoms with E-state index in [1.165, 1.54) is 91.5 Å². The van der Waals surface area contributed by atoms with Crippen LogP contribution in [0.2, 0.25) is 8.87 Å². The van der Waals surface area contributed by atoms with E-state index in [-0.39, 0.29) is 0 Å². The van der Waals surface area contributed by atoms with E-state index in [0.29, 0.717) is 0 Å². The fraction of sp³-hybridized carbons (Fsp3) is 0.739. The second-order valence-corrected chi connectivity index (χ2v) is 13.9. The third kappa shape index (κ3) is 11.9. The van der Waals surface area contributed by atoms with E-state index in [4.69, 9.17) is 3.07 Å². The molecule has 0 atom stereocenters. The van der Waals surface area contributed by atoms with Gasteiger partial charge in [0.25, 0.3) is 0 Å². The quantitative estimate of drug-likeness (QED) is 0.183. The zero-order chi connectivity index (χ0) is 18.2. The summed E-state index contributed by atoms with van der Waals surface area (Å²) < 4.78 is 9.23. The number of benzene rings is 1. The van der Waals surface area contributed by atoms with Crippen LogP contribution in [0.15, 0.2) is 24.3 Å². The summed E-state index contributed by atoms with van der Waals surface area (Å²) in [5.41, 5.74) is 1.48. The van der Waals surface area contributed by atoms with Crippen LogP contribution in [0.25, 0.3) is 0 Å². The van der Waals surface area contributed by atoms with Crippen molar-refractivity contribution in [2.75, 3.05) is 0 Å². The minimum absolute atomic E-state index is 1.14. The van der Waals surface area contributed by atoms with Crippen molar-refractivity contribution in [2.45, 2.75) is 107 Å². The molecule has 25 heavy (non-hydrogen) atoms. The number of unbranched alkanes of at least 4 members (excludes halogenated alkanes) is 8. The van der Waals surface area contributed by atoms with E-state index in [1.807, 2.05) is 0 Å². The number of hydrogen-bond acceptors (Lipinski definition) is 1. The van der Waals surface area contributed by atoms with Crippen molar-refractivity contribution in [2.24, 2.45) is 0 Å². The van der Waals surface area contributed by atoms with Crippen LogP contribution in [0.3, 0.4) is 0 Å². The minimum atomic E-state index is -1.66. The first-order valence-corrected chi connectivity index (χ1v) is 16.1. The van der Waals surface area contributed by atoms with E-state index < -0.39 is 20.2 Å². The molecule has 0 amide bonds. The van der Waals surface area contributed by atoms with Crippen molar-refractivity contribution in [3.63, 3.8) is 0 Å². The molecule has 0 spiro atoms. The van der Waals surface area contributed by atoms with E-state index in [0.717, 1.165) is 5.75 Å². The Morgan fingerprint density at radius 2 is 1.16 bits per heavy atom. The molecule has 0 aromatic heterocycles. The zero-order valence-electron chi connectivity index (χ0n) is 17.1. The molecule has 1 nitrogen and oxygen atoms in total. The van der Waals surface area contributed by atoms with Crippen LogP contribution < -0.4 is 3.07 Å². The Labute approximate surface area is 165 Å². The normalized spacial score (nSPS) is 11.2. The maximum absolute atomic E-state index is 6.45. The Kier molecular flexibility index (Phi) is 14.7. The van der Waals surface area contributed by atoms with Gasteiger partial charge in [0.2, 0.25) is 0 Å². The molecule has 0 unspecified atom stereocenters. The van der Waals surface area contributed by atoms with E-state index >= 15 is 0 Å². The molecule has 0 heterocycles. The molecule has 0 bridgehead atoms. The molecule has 2 heteroatoms. The molecule has 143 valence electrons. The van der Waals surface area contributed by atoms with Gasteiger partial charge in [-0.2, -0.15) is 0 Å². The molecule has 0 saturated carbocycles. The van der Waals surface area contributed by atoms with Crippen LogP contribution in [0, 0.1) is 0 Å². The summed E-state index contributed by atoms with van der Waals surface area (Å²) >= 11 is -1.66. The van der Waals surface area contributed by atoms with Gasteiger partial charge in [-0.3, -0.25) is 0 Å². The third-order valence-electron chi connectivity index (χ3n) is 4.87. The summed E-state index contributed by atoms with van der Waals surface area (Å²) in [6.45, 7) is 6.87. The Hall–Kier alpha value is -0.181. The molecule has 0 aliphatic rings. The Bertz CT molecular complexity index is 393. The standard InChI is InChI=1S/C15H24O.2C4H9.Sn/c1-2-3-4-5-6-7-8-9-14-10-12-15(16)13-11-14;2*1-3-4-2;/h10-13,16H,2-9H2,1H3;2*1,3-4H2,2H3;/q;;;+1/p-1. The summed E-state index contributed by atoms with van der Waals surface area (Å²) in [5, 5.41) is 0. The summed E-state index contributed by atoms with van der Waals surface area (Å²) in [6, 6.07) is 9.06. The Morgan fingerprint density at radius 3 is 1.72 bits per heavy atom. The topological polar surface area (TPSA) is 9.23 Å². The molecule has 1 aromatic rings. The Balaban J connectivity index is 2.28. The van der Waals surface area contributed by atoms with Gasteiger partial charge < -0.3 is 0 Å². The van der Waals surface area contributed by atoms with Crippen molar-refractivity contribution >= 4 is 20.2 Å². The van der Waals surface area contributed by atoms with E-state index in [2.05, 4.69) is 45.0 Å². The van der Waals surface area contributed by atoms with Crippen molar-refractivity contribution in [1.82, 2.24) is 0 Å². The first-order valence-electron chi connectivity index (χ1n) is 10.9. The first kappa shape index (κ1) is 22.9. The SMILES string of the molecule is CCCCCCCCCc1ccc([O][Sn]([CH2]CCC)[CH2]CCC)cc1. The van der Waals surface area contributed by atoms with Gasteiger partial charge in [0.1, 0.15) is 0 Å². The van der Waals surface area contributed by atoms with Gasteiger partial charge in [0, 0.05) is 0 Å². The van der Waals surface area contributed by atoms with Crippen LogP contribution in [-0.2, 0) is 6.42 Å². The van der Waals surface area contributed by atoms with Crippen LogP contribution >= 0.6 is 0 Å². The van der Waals surface area contributed by atoms with Crippen molar-refractivity contribution in [1.29, 1.82) is 0 Å². The van der Waals surface area contributed by atoms with Gasteiger partial charge in [-0.15, -0.1) is 0 Å². The predicted octanol–water partition coefficient (Wildman–Crippen LogP) is 7.95. The second kappa shape index (κ2) is 16.0. The summed E-state index contributed by atoms with van der Waals surface area (Å²) in [5.74, 6) is 1.14. The average molecular weight is 452 g/mol. The number of rotatable bonds is 16. The molecule has 1 aromatic carbocycles. The summed E-state index contributed by atoms with van der Waals surface area (Å²) in [7, 11) is 0. The van der Waals surface area contributed by atoms with Crippen LogP contribution in [0.4, 0.5) is 0 Å². The van der Waals surface area contributed by atoms with Gasteiger partial charge in [-0.05, 0) is 0 Å². The summed E-state index contributed by atoms with van der Waals surface area (Å²) in [4.78, 5) is 0. The van der Waals surface area contributed by atoms with Crippen LogP contribution in [0.5, 0.6) is 5.75 Å². The molecule has 0 aliphatic heterocycles. The molecular formula is C23H41OSn. The molecule has 0 fully saturated rings. The molecular weight excluding hydrogens is 411 g/mol. The van der Waals surface area contributed by atoms with Crippen molar-refractivity contribution in [3.05, 3.63) is 29.8 Å². The maximum atomic E-state index is 6.45. The Morgan fingerprint density at radius 1 is 0.640 bits per heavy atom. The van der Waals surface area contributed by atoms with Gasteiger partial charge in [0.15, 0.2) is 0 Å². The predicted molar refractivity (Wildman–Crippen MR) is 114 cm³/mol. The zero-order valence-corrected chi connectivity index (χ0v) is 20.0. The number of aryl methyl sites for hydroxylation is 1. The fourth-order valence-electron chi connectivity index (χ4n) is 3.15. The summed E-state index contributed by atoms with van der Waals surface area (Å²) in [6.07, 6.45) is 16.3. The average Bonchev–Trinajstić information content (AvgIpc) is 2.64. The monoisotopic (exact) mass is 453 g/mol. The number of hydrogen-bond donors (Lipinski definition) is 0. The van der Waals surface area contributed by atoms with E-state index in [1.54, 1.807) is 0 Å². The van der Waals surface area contributed by atoms with Gasteiger partial charge in [0.05, 0.1) is 0 Å². The molecule has 0 saturated heterocycles. The van der Waals surface area contributed by atoms with Crippen LogP contribution in [0.1, 0.15) is 97.0 Å². The molecule has 1 rings (SSSR count). The first-order chi connectivity index (χ1) is 12.3. The second-order valence-electron chi connectivity index (χ2n) is 7.36. The molecule has 1 radical (unpaired) electrons.